The molecule has 0 heterocycles. The number of hydrogen-bond acceptors (Lipinski definition) is 1. The summed E-state index contributed by atoms with van der Waals surface area (Å²) in [5, 5.41) is 0. The molecule has 3 rings (SSSR count). The van der Waals surface area contributed by atoms with Crippen molar-refractivity contribution in [2.24, 2.45) is 0 Å². The number of nitrogens with zero attached hydrogens (tertiary/aromatic N) is 1. The van der Waals surface area contributed by atoms with Crippen LogP contribution >= 0.6 is 15.9 Å². The molecule has 0 bridgehead atoms. The van der Waals surface area contributed by atoms with E-state index in [1.54, 1.807) is 0 Å². The molecule has 1 atom stereocenters. The van der Waals surface area contributed by atoms with Crippen LogP contribution in [0.5, 0.6) is 0 Å². The number of anilines is 2. The normalized spacial score (nSPS) is 17.6. The Morgan fingerprint density at radius 3 is 1.85 bits per heavy atom. The van der Waals surface area contributed by atoms with Crippen molar-refractivity contribution in [3.63, 3.8) is 0 Å². The van der Waals surface area contributed by atoms with E-state index in [9.17, 15) is 0 Å². The van der Waals surface area contributed by atoms with Gasteiger partial charge in [0, 0.05) is 15.9 Å². The maximum absolute atomic E-state index is 3.53. The summed E-state index contributed by atoms with van der Waals surface area (Å²) >= 11 is 3.53. The molecule has 2 aromatic carbocycles. The van der Waals surface area contributed by atoms with Crippen molar-refractivity contribution >= 4 is 27.3 Å². The molecule has 1 aliphatic rings. The fourth-order valence-electron chi connectivity index (χ4n) is 2.48. The Labute approximate surface area is 128 Å². The van der Waals surface area contributed by atoms with Crippen molar-refractivity contribution in [2.75, 3.05) is 4.90 Å². The van der Waals surface area contributed by atoms with Crippen molar-refractivity contribution in [1.82, 2.24) is 0 Å². The van der Waals surface area contributed by atoms with E-state index in [2.05, 4.69) is 99.7 Å². The summed E-state index contributed by atoms with van der Waals surface area (Å²) in [4.78, 5) is 2.38. The van der Waals surface area contributed by atoms with Crippen molar-refractivity contribution < 1.29 is 0 Å². The van der Waals surface area contributed by atoms with Crippen LogP contribution in [0.15, 0.2) is 83.4 Å². The maximum Gasteiger partial charge on any atom is 0.0560 e. The quantitative estimate of drug-likeness (QED) is 0.727. The monoisotopic (exact) mass is 325 g/mol. The van der Waals surface area contributed by atoms with Crippen LogP contribution in [0, 0.1) is 0 Å². The lowest BCUT2D eigenvalue weighted by molar-refractivity contribution is 0.784. The summed E-state index contributed by atoms with van der Waals surface area (Å²) < 4.78 is 1.16. The second-order valence-corrected chi connectivity index (χ2v) is 5.71. The summed E-state index contributed by atoms with van der Waals surface area (Å²) in [5.74, 6) is 0. The molecule has 2 aromatic rings. The predicted molar refractivity (Wildman–Crippen MR) is 89.6 cm³/mol. The van der Waals surface area contributed by atoms with Gasteiger partial charge in [0.1, 0.15) is 0 Å². The molecular weight excluding hydrogens is 310 g/mol. The summed E-state index contributed by atoms with van der Waals surface area (Å²) in [6.07, 6.45) is 7.61. The van der Waals surface area contributed by atoms with Gasteiger partial charge in [-0.2, -0.15) is 0 Å². The highest BCUT2D eigenvalue weighted by atomic mass is 79.9. The zero-order chi connectivity index (χ0) is 13.8. The highest BCUT2D eigenvalue weighted by molar-refractivity contribution is 9.11. The standard InChI is InChI=1S/C18H16BrN/c19-15-11-13-18(14-12-15)20(16-7-3-1-4-8-16)17-9-5-2-6-10-17/h1-13,18H,14H2. The smallest absolute Gasteiger partial charge is 0.0560 e. The fourth-order valence-corrected chi connectivity index (χ4v) is 2.82. The first-order valence-corrected chi connectivity index (χ1v) is 7.57. The first-order chi connectivity index (χ1) is 9.84. The van der Waals surface area contributed by atoms with Gasteiger partial charge in [-0.25, -0.2) is 0 Å². The van der Waals surface area contributed by atoms with Gasteiger partial charge >= 0.3 is 0 Å². The Balaban J connectivity index is 1.99. The molecule has 1 unspecified atom stereocenters. The van der Waals surface area contributed by atoms with Crippen molar-refractivity contribution in [2.45, 2.75) is 12.5 Å². The maximum atomic E-state index is 3.53. The summed E-state index contributed by atoms with van der Waals surface area (Å²) in [6.45, 7) is 0. The molecule has 0 spiro atoms. The molecule has 1 nitrogen and oxygen atoms in total. The van der Waals surface area contributed by atoms with Gasteiger partial charge in [-0.05, 0) is 30.7 Å². The zero-order valence-corrected chi connectivity index (χ0v) is 12.7. The Morgan fingerprint density at radius 1 is 0.850 bits per heavy atom. The molecule has 0 aliphatic heterocycles. The number of allylic oxidation sites excluding steroid dienone is 2. The van der Waals surface area contributed by atoms with E-state index in [4.69, 9.17) is 0 Å². The second kappa shape index (κ2) is 6.10. The molecular formula is C18H16BrN. The molecule has 0 N–H and O–H groups in total. The average Bonchev–Trinajstić information content (AvgIpc) is 2.52. The number of rotatable bonds is 3. The molecule has 2 heteroatoms. The molecule has 0 aromatic heterocycles. The van der Waals surface area contributed by atoms with Crippen LogP contribution in [-0.2, 0) is 0 Å². The van der Waals surface area contributed by atoms with E-state index in [0.717, 1.165) is 10.9 Å². The molecule has 100 valence electrons. The van der Waals surface area contributed by atoms with Gasteiger partial charge in [0.15, 0.2) is 0 Å². The van der Waals surface area contributed by atoms with Crippen LogP contribution in [0.25, 0.3) is 0 Å². The van der Waals surface area contributed by atoms with E-state index in [0.29, 0.717) is 6.04 Å². The third-order valence-electron chi connectivity index (χ3n) is 3.43. The highest BCUT2D eigenvalue weighted by Crippen LogP contribution is 2.31. The van der Waals surface area contributed by atoms with Crippen LogP contribution in [0.2, 0.25) is 0 Å². The topological polar surface area (TPSA) is 3.24 Å². The molecule has 0 saturated heterocycles. The Hall–Kier alpha value is -1.80. The van der Waals surface area contributed by atoms with E-state index < -0.39 is 0 Å². The number of benzene rings is 2. The lowest BCUT2D eigenvalue weighted by Crippen LogP contribution is -2.29. The fraction of sp³-hybridized carbons (Fsp3) is 0.111. The average molecular weight is 326 g/mol. The minimum atomic E-state index is 0.348. The Morgan fingerprint density at radius 2 is 1.40 bits per heavy atom. The number of hydrogen-bond donors (Lipinski definition) is 0. The van der Waals surface area contributed by atoms with Crippen molar-refractivity contribution in [3.8, 4) is 0 Å². The molecule has 0 saturated carbocycles. The summed E-state index contributed by atoms with van der Waals surface area (Å²) in [5.41, 5.74) is 2.44. The van der Waals surface area contributed by atoms with E-state index in [-0.39, 0.29) is 0 Å². The van der Waals surface area contributed by atoms with Gasteiger partial charge in [0.25, 0.3) is 0 Å². The summed E-state index contributed by atoms with van der Waals surface area (Å²) in [6, 6.07) is 21.5. The van der Waals surface area contributed by atoms with Crippen LogP contribution < -0.4 is 4.90 Å². The van der Waals surface area contributed by atoms with Crippen LogP contribution in [0.1, 0.15) is 6.42 Å². The van der Waals surface area contributed by atoms with Crippen LogP contribution in [0.4, 0.5) is 11.4 Å². The molecule has 0 amide bonds. The predicted octanol–water partition coefficient (Wildman–Crippen LogP) is 5.43. The number of halogens is 1. The zero-order valence-electron chi connectivity index (χ0n) is 11.1. The number of para-hydroxylation sites is 2. The van der Waals surface area contributed by atoms with Gasteiger partial charge in [-0.15, -0.1) is 0 Å². The van der Waals surface area contributed by atoms with Gasteiger partial charge in [-0.1, -0.05) is 70.6 Å². The minimum absolute atomic E-state index is 0.348. The first kappa shape index (κ1) is 13.2. The largest absolute Gasteiger partial charge is 0.334 e. The van der Waals surface area contributed by atoms with E-state index in [1.807, 2.05) is 0 Å². The third kappa shape index (κ3) is 2.86. The van der Waals surface area contributed by atoms with Crippen molar-refractivity contribution in [3.05, 3.63) is 83.4 Å². The lowest BCUT2D eigenvalue weighted by Gasteiger charge is -2.32. The molecule has 20 heavy (non-hydrogen) atoms. The van der Waals surface area contributed by atoms with E-state index >= 15 is 0 Å². The van der Waals surface area contributed by atoms with Crippen LogP contribution in [0.3, 0.4) is 0 Å². The molecule has 0 fully saturated rings. The molecule has 1 aliphatic carbocycles. The third-order valence-corrected chi connectivity index (χ3v) is 4.02. The molecule has 0 radical (unpaired) electrons. The highest BCUT2D eigenvalue weighted by Gasteiger charge is 2.19. The lowest BCUT2D eigenvalue weighted by atomic mass is 10.0. The van der Waals surface area contributed by atoms with Gasteiger partial charge in [-0.3, -0.25) is 0 Å². The first-order valence-electron chi connectivity index (χ1n) is 6.78. The van der Waals surface area contributed by atoms with Gasteiger partial charge in [0.2, 0.25) is 0 Å². The van der Waals surface area contributed by atoms with Crippen LogP contribution in [-0.4, -0.2) is 6.04 Å². The van der Waals surface area contributed by atoms with Gasteiger partial charge < -0.3 is 4.90 Å². The SMILES string of the molecule is BrC1=CCC(N(c2ccccc2)c2ccccc2)C=C1. The van der Waals surface area contributed by atoms with E-state index in [1.165, 1.54) is 11.4 Å². The van der Waals surface area contributed by atoms with Crippen molar-refractivity contribution in [1.29, 1.82) is 0 Å². The Kier molecular flexibility index (Phi) is 4.03. The Bertz CT molecular complexity index is 577. The van der Waals surface area contributed by atoms with Gasteiger partial charge in [0.05, 0.1) is 6.04 Å². The minimum Gasteiger partial charge on any atom is -0.334 e. The second-order valence-electron chi connectivity index (χ2n) is 4.79. The summed E-state index contributed by atoms with van der Waals surface area (Å²) in [7, 11) is 0.